The molecule has 1 saturated heterocycles. The smallest absolute Gasteiger partial charge is 0.407 e. The molecule has 0 unspecified atom stereocenters. The molecule has 3 fully saturated rings. The Labute approximate surface area is 172 Å². The summed E-state index contributed by atoms with van der Waals surface area (Å²) in [7, 11) is 3.06. The Balaban J connectivity index is 1.23. The van der Waals surface area contributed by atoms with Gasteiger partial charge in [0.1, 0.15) is 5.75 Å². The summed E-state index contributed by atoms with van der Waals surface area (Å²) in [6, 6.07) is 8.46. The van der Waals surface area contributed by atoms with Gasteiger partial charge in [-0.05, 0) is 74.5 Å². The van der Waals surface area contributed by atoms with E-state index in [4.69, 9.17) is 4.74 Å². The van der Waals surface area contributed by atoms with Crippen molar-refractivity contribution in [2.75, 3.05) is 27.3 Å². The lowest BCUT2D eigenvalue weighted by atomic mass is 9.56. The van der Waals surface area contributed by atoms with Crippen LogP contribution in [-0.2, 0) is 9.53 Å². The fraction of sp³-hybridized carbons (Fsp3) is 0.652. The highest BCUT2D eigenvalue weighted by Gasteiger charge is 2.50. The fourth-order valence-electron chi connectivity index (χ4n) is 5.57. The van der Waals surface area contributed by atoms with Crippen LogP contribution in [0.3, 0.4) is 0 Å². The molecule has 1 heterocycles. The van der Waals surface area contributed by atoms with Crippen molar-refractivity contribution in [2.45, 2.75) is 56.9 Å². The summed E-state index contributed by atoms with van der Waals surface area (Å²) in [5.74, 6) is 1.83. The van der Waals surface area contributed by atoms with Gasteiger partial charge in [-0.25, -0.2) is 4.79 Å². The second-order valence-corrected chi connectivity index (χ2v) is 9.49. The number of alkyl carbamates (subject to hydrolysis) is 1. The summed E-state index contributed by atoms with van der Waals surface area (Å²) in [4.78, 5) is 26.3. The highest BCUT2D eigenvalue weighted by molar-refractivity contribution is 5.81. The predicted octanol–water partition coefficient (Wildman–Crippen LogP) is 3.71. The van der Waals surface area contributed by atoms with Crippen LogP contribution in [0.15, 0.2) is 24.3 Å². The number of nitrogens with one attached hydrogen (secondary N) is 1. The lowest BCUT2D eigenvalue weighted by Crippen LogP contribution is -2.59. The molecular formula is C23H32N2O4. The largest absolute Gasteiger partial charge is 0.497 e. The maximum Gasteiger partial charge on any atom is 0.407 e. The third kappa shape index (κ3) is 3.94. The monoisotopic (exact) mass is 400 g/mol. The van der Waals surface area contributed by atoms with E-state index in [1.807, 2.05) is 24.0 Å². The molecule has 1 spiro atoms. The molecule has 0 bridgehead atoms. The van der Waals surface area contributed by atoms with Crippen LogP contribution in [0.5, 0.6) is 5.75 Å². The van der Waals surface area contributed by atoms with Crippen LogP contribution in [0.1, 0.15) is 56.9 Å². The van der Waals surface area contributed by atoms with E-state index in [2.05, 4.69) is 22.2 Å². The minimum atomic E-state index is -0.422. The molecule has 6 nitrogen and oxygen atoms in total. The second-order valence-electron chi connectivity index (χ2n) is 9.49. The average Bonchev–Trinajstić information content (AvgIpc) is 2.69. The van der Waals surface area contributed by atoms with E-state index in [1.54, 1.807) is 7.11 Å². The van der Waals surface area contributed by atoms with Gasteiger partial charge in [0.05, 0.1) is 14.2 Å². The Bertz CT molecular complexity index is 754. The number of amides is 2. The van der Waals surface area contributed by atoms with Crippen molar-refractivity contribution in [3.63, 3.8) is 0 Å². The first kappa shape index (κ1) is 20.0. The van der Waals surface area contributed by atoms with Crippen molar-refractivity contribution in [1.82, 2.24) is 10.2 Å². The molecular weight excluding hydrogens is 368 g/mol. The number of ether oxygens (including phenoxy) is 2. The molecule has 29 heavy (non-hydrogen) atoms. The van der Waals surface area contributed by atoms with Gasteiger partial charge >= 0.3 is 6.09 Å². The molecule has 2 aliphatic carbocycles. The van der Waals surface area contributed by atoms with E-state index in [0.29, 0.717) is 24.2 Å². The van der Waals surface area contributed by atoms with Crippen LogP contribution in [0.25, 0.3) is 0 Å². The van der Waals surface area contributed by atoms with Crippen molar-refractivity contribution in [2.24, 2.45) is 11.3 Å². The number of carbonyl (C=O) groups is 2. The molecule has 1 aliphatic heterocycles. The summed E-state index contributed by atoms with van der Waals surface area (Å²) >= 11 is 0. The SMILES string of the molecule is COC(=O)NC1(C)CC(C(=O)N2CCC3(CC2)CC(c2ccc(OC)cc2)C3)C1. The normalized spacial score (nSPS) is 28.2. The number of carbonyl (C=O) groups excluding carboxylic acids is 2. The molecule has 0 aromatic heterocycles. The van der Waals surface area contributed by atoms with E-state index in [1.165, 1.54) is 25.5 Å². The van der Waals surface area contributed by atoms with Gasteiger partial charge < -0.3 is 19.7 Å². The van der Waals surface area contributed by atoms with Gasteiger partial charge in [0.2, 0.25) is 5.91 Å². The first-order valence-corrected chi connectivity index (χ1v) is 10.6. The number of hydrogen-bond donors (Lipinski definition) is 1. The minimum Gasteiger partial charge on any atom is -0.497 e. The zero-order valence-corrected chi connectivity index (χ0v) is 17.7. The van der Waals surface area contributed by atoms with Gasteiger partial charge in [0.25, 0.3) is 0 Å². The van der Waals surface area contributed by atoms with E-state index in [-0.39, 0.29) is 17.4 Å². The van der Waals surface area contributed by atoms with E-state index in [0.717, 1.165) is 31.7 Å². The number of methoxy groups -OCH3 is 2. The molecule has 6 heteroatoms. The maximum absolute atomic E-state index is 12.9. The van der Waals surface area contributed by atoms with Crippen molar-refractivity contribution < 1.29 is 19.1 Å². The van der Waals surface area contributed by atoms with Gasteiger partial charge in [-0.2, -0.15) is 0 Å². The Morgan fingerprint density at radius 1 is 1.03 bits per heavy atom. The summed E-state index contributed by atoms with van der Waals surface area (Å²) in [5, 5.41) is 2.85. The standard InChI is InChI=1S/C23H32N2O4/c1-22(24-21(27)29-3)12-18(13-22)20(26)25-10-8-23(9-11-25)14-17(15-23)16-4-6-19(28-2)7-5-16/h4-7,17-18H,8-15H2,1-3H3,(H,24,27). The molecule has 0 atom stereocenters. The van der Waals surface area contributed by atoms with Crippen molar-refractivity contribution >= 4 is 12.0 Å². The molecule has 0 radical (unpaired) electrons. The molecule has 2 amide bonds. The molecule has 158 valence electrons. The van der Waals surface area contributed by atoms with Crippen molar-refractivity contribution in [1.29, 1.82) is 0 Å². The number of rotatable bonds is 4. The van der Waals surface area contributed by atoms with Gasteiger partial charge in [-0.1, -0.05) is 12.1 Å². The topological polar surface area (TPSA) is 67.9 Å². The van der Waals surface area contributed by atoms with Gasteiger partial charge in [-0.3, -0.25) is 4.79 Å². The van der Waals surface area contributed by atoms with Crippen molar-refractivity contribution in [3.05, 3.63) is 29.8 Å². The lowest BCUT2D eigenvalue weighted by molar-refractivity contribution is -0.144. The Morgan fingerprint density at radius 3 is 2.21 bits per heavy atom. The first-order valence-electron chi connectivity index (χ1n) is 10.6. The zero-order chi connectivity index (χ0) is 20.6. The predicted molar refractivity (Wildman–Crippen MR) is 110 cm³/mol. The number of nitrogens with zero attached hydrogens (tertiary/aromatic N) is 1. The molecule has 1 aromatic rings. The number of piperidine rings is 1. The van der Waals surface area contributed by atoms with E-state index < -0.39 is 6.09 Å². The molecule has 1 N–H and O–H groups in total. The number of benzene rings is 1. The maximum atomic E-state index is 12.9. The van der Waals surface area contributed by atoms with Gasteiger partial charge in [0.15, 0.2) is 0 Å². The van der Waals surface area contributed by atoms with Crippen LogP contribution < -0.4 is 10.1 Å². The highest BCUT2D eigenvalue weighted by Crippen LogP contribution is 2.57. The third-order valence-electron chi connectivity index (χ3n) is 7.41. The minimum absolute atomic E-state index is 0.0274. The molecule has 4 rings (SSSR count). The van der Waals surface area contributed by atoms with E-state index >= 15 is 0 Å². The summed E-state index contributed by atoms with van der Waals surface area (Å²) in [6.45, 7) is 3.71. The third-order valence-corrected chi connectivity index (χ3v) is 7.41. The summed E-state index contributed by atoms with van der Waals surface area (Å²) < 4.78 is 9.93. The molecule has 1 aromatic carbocycles. The fourth-order valence-corrected chi connectivity index (χ4v) is 5.57. The van der Waals surface area contributed by atoms with Crippen LogP contribution in [0.4, 0.5) is 4.79 Å². The highest BCUT2D eigenvalue weighted by atomic mass is 16.5. The Morgan fingerprint density at radius 2 is 1.66 bits per heavy atom. The Hall–Kier alpha value is -2.24. The zero-order valence-electron chi connectivity index (χ0n) is 17.7. The molecule has 3 aliphatic rings. The van der Waals surface area contributed by atoms with Crippen molar-refractivity contribution in [3.8, 4) is 5.75 Å². The summed E-state index contributed by atoms with van der Waals surface area (Å²) in [5.41, 5.74) is 1.51. The van der Waals surface area contributed by atoms with Crippen LogP contribution >= 0.6 is 0 Å². The quantitative estimate of drug-likeness (QED) is 0.837. The number of likely N-dealkylation sites (tertiary alicyclic amines) is 1. The van der Waals surface area contributed by atoms with Crippen LogP contribution in [-0.4, -0.2) is 49.7 Å². The van der Waals surface area contributed by atoms with Crippen LogP contribution in [0, 0.1) is 11.3 Å². The number of hydrogen-bond acceptors (Lipinski definition) is 4. The first-order chi connectivity index (χ1) is 13.9. The Kier molecular flexibility index (Phi) is 5.21. The second kappa shape index (κ2) is 7.54. The van der Waals surface area contributed by atoms with Gasteiger partial charge in [-0.15, -0.1) is 0 Å². The lowest BCUT2D eigenvalue weighted by Gasteiger charge is -2.53. The van der Waals surface area contributed by atoms with Crippen LogP contribution in [0.2, 0.25) is 0 Å². The average molecular weight is 401 g/mol. The van der Waals surface area contributed by atoms with Gasteiger partial charge in [0, 0.05) is 24.5 Å². The summed E-state index contributed by atoms with van der Waals surface area (Å²) in [6.07, 6.45) is 5.64. The van der Waals surface area contributed by atoms with E-state index in [9.17, 15) is 9.59 Å². The molecule has 2 saturated carbocycles.